The van der Waals surface area contributed by atoms with Crippen molar-refractivity contribution in [3.8, 4) is 0 Å². The van der Waals surface area contributed by atoms with E-state index in [1.807, 2.05) is 37.3 Å². The molecule has 0 aliphatic heterocycles. The summed E-state index contributed by atoms with van der Waals surface area (Å²) >= 11 is 0. The molecule has 0 saturated heterocycles. The Bertz CT molecular complexity index is 460. The second-order valence-corrected chi connectivity index (χ2v) is 3.47. The number of imidazole rings is 1. The fraction of sp³-hybridized carbons (Fsp3) is 0.167. The number of rotatable bonds is 3. The molecule has 1 aromatic carbocycles. The zero-order valence-corrected chi connectivity index (χ0v) is 8.53. The number of carbonyl (C=O) groups excluding carboxylic acids is 1. The summed E-state index contributed by atoms with van der Waals surface area (Å²) in [6.07, 6.45) is 1.51. The van der Waals surface area contributed by atoms with Crippen LogP contribution in [0.2, 0.25) is 0 Å². The third-order valence-corrected chi connectivity index (χ3v) is 2.26. The molecule has 1 aromatic heterocycles. The number of carbonyl (C=O) groups is 1. The van der Waals surface area contributed by atoms with Gasteiger partial charge >= 0.3 is 0 Å². The van der Waals surface area contributed by atoms with Gasteiger partial charge in [-0.1, -0.05) is 30.3 Å². The number of hydrogen-bond donors (Lipinski definition) is 1. The van der Waals surface area contributed by atoms with Gasteiger partial charge in [-0.2, -0.15) is 0 Å². The summed E-state index contributed by atoms with van der Waals surface area (Å²) in [5, 5.41) is 0. The molecular formula is C12H12N2O. The highest BCUT2D eigenvalue weighted by Gasteiger charge is 2.07. The summed E-state index contributed by atoms with van der Waals surface area (Å²) < 4.78 is 0. The first-order valence-corrected chi connectivity index (χ1v) is 4.84. The molecule has 3 heteroatoms. The monoisotopic (exact) mass is 200 g/mol. The third kappa shape index (κ3) is 2.13. The SMILES string of the molecule is Cc1nc(C=O)c(Cc2ccccc2)[nH]1. The van der Waals surface area contributed by atoms with Gasteiger partial charge in [-0.3, -0.25) is 4.79 Å². The van der Waals surface area contributed by atoms with E-state index in [9.17, 15) is 4.79 Å². The van der Waals surface area contributed by atoms with E-state index in [0.717, 1.165) is 24.2 Å². The lowest BCUT2D eigenvalue weighted by atomic mass is 10.1. The largest absolute Gasteiger partial charge is 0.345 e. The number of aldehydes is 1. The van der Waals surface area contributed by atoms with Gasteiger partial charge in [0.1, 0.15) is 11.5 Å². The van der Waals surface area contributed by atoms with Crippen LogP contribution in [0.3, 0.4) is 0 Å². The van der Waals surface area contributed by atoms with Gasteiger partial charge in [-0.25, -0.2) is 4.98 Å². The van der Waals surface area contributed by atoms with E-state index in [-0.39, 0.29) is 0 Å². The van der Waals surface area contributed by atoms with Crippen molar-refractivity contribution in [1.29, 1.82) is 0 Å². The molecular weight excluding hydrogens is 188 g/mol. The Balaban J connectivity index is 2.28. The highest BCUT2D eigenvalue weighted by Crippen LogP contribution is 2.10. The van der Waals surface area contributed by atoms with Gasteiger partial charge in [0.15, 0.2) is 6.29 Å². The zero-order valence-electron chi connectivity index (χ0n) is 8.53. The molecule has 0 saturated carbocycles. The quantitative estimate of drug-likeness (QED) is 0.771. The first-order valence-electron chi connectivity index (χ1n) is 4.84. The number of aromatic amines is 1. The smallest absolute Gasteiger partial charge is 0.170 e. The maximum atomic E-state index is 10.7. The predicted molar refractivity (Wildman–Crippen MR) is 58.0 cm³/mol. The summed E-state index contributed by atoms with van der Waals surface area (Å²) in [4.78, 5) is 18.0. The fourth-order valence-corrected chi connectivity index (χ4v) is 1.59. The standard InChI is InChI=1S/C12H12N2O/c1-9-13-11(12(8-15)14-9)7-10-5-3-2-4-6-10/h2-6,8H,7H2,1H3,(H,13,14). The molecule has 0 unspecified atom stereocenters. The topological polar surface area (TPSA) is 45.8 Å². The van der Waals surface area contributed by atoms with E-state index in [0.29, 0.717) is 5.69 Å². The summed E-state index contributed by atoms with van der Waals surface area (Å²) in [5.41, 5.74) is 2.56. The maximum Gasteiger partial charge on any atom is 0.170 e. The number of nitrogens with one attached hydrogen (secondary N) is 1. The Kier molecular flexibility index (Phi) is 2.63. The number of benzene rings is 1. The van der Waals surface area contributed by atoms with Gasteiger partial charge in [-0.05, 0) is 12.5 Å². The average Bonchev–Trinajstić information content (AvgIpc) is 2.60. The maximum absolute atomic E-state index is 10.7. The predicted octanol–water partition coefficient (Wildman–Crippen LogP) is 2.12. The molecule has 1 N–H and O–H groups in total. The summed E-state index contributed by atoms with van der Waals surface area (Å²) in [7, 11) is 0. The number of hydrogen-bond acceptors (Lipinski definition) is 2. The van der Waals surface area contributed by atoms with Crippen molar-refractivity contribution in [2.75, 3.05) is 0 Å². The lowest BCUT2D eigenvalue weighted by molar-refractivity contribution is 0.111. The van der Waals surface area contributed by atoms with Crippen molar-refractivity contribution in [3.05, 3.63) is 53.1 Å². The minimum absolute atomic E-state index is 0.511. The van der Waals surface area contributed by atoms with Crippen LogP contribution >= 0.6 is 0 Å². The number of aromatic nitrogens is 2. The first-order chi connectivity index (χ1) is 7.29. The van der Waals surface area contributed by atoms with Crippen molar-refractivity contribution < 1.29 is 4.79 Å². The van der Waals surface area contributed by atoms with Crippen LogP contribution in [-0.4, -0.2) is 16.3 Å². The van der Waals surface area contributed by atoms with Crippen molar-refractivity contribution in [3.63, 3.8) is 0 Å². The molecule has 15 heavy (non-hydrogen) atoms. The van der Waals surface area contributed by atoms with Gasteiger partial charge in [0, 0.05) is 12.1 Å². The number of aryl methyl sites for hydroxylation is 1. The summed E-state index contributed by atoms with van der Waals surface area (Å²) in [5.74, 6) is 0.781. The third-order valence-electron chi connectivity index (χ3n) is 2.26. The normalized spacial score (nSPS) is 10.2. The van der Waals surface area contributed by atoms with E-state index >= 15 is 0 Å². The fourth-order valence-electron chi connectivity index (χ4n) is 1.59. The Morgan fingerprint density at radius 1 is 1.33 bits per heavy atom. The molecule has 0 aliphatic rings. The van der Waals surface area contributed by atoms with Crippen molar-refractivity contribution in [1.82, 2.24) is 9.97 Å². The molecule has 76 valence electrons. The van der Waals surface area contributed by atoms with Crippen LogP contribution < -0.4 is 0 Å². The molecule has 0 bridgehead atoms. The highest BCUT2D eigenvalue weighted by atomic mass is 16.1. The van der Waals surface area contributed by atoms with E-state index < -0.39 is 0 Å². The first kappa shape index (κ1) is 9.65. The Hall–Kier alpha value is -1.90. The van der Waals surface area contributed by atoms with Crippen LogP contribution in [0.25, 0.3) is 0 Å². The molecule has 3 nitrogen and oxygen atoms in total. The van der Waals surface area contributed by atoms with Crippen LogP contribution in [0.4, 0.5) is 0 Å². The minimum atomic E-state index is 0.511. The van der Waals surface area contributed by atoms with Gasteiger partial charge in [0.05, 0.1) is 0 Å². The molecule has 0 aliphatic carbocycles. The summed E-state index contributed by atoms with van der Waals surface area (Å²) in [6, 6.07) is 10.0. The van der Waals surface area contributed by atoms with Crippen LogP contribution in [0.1, 0.15) is 27.6 Å². The van der Waals surface area contributed by atoms with Crippen molar-refractivity contribution in [2.24, 2.45) is 0 Å². The lowest BCUT2D eigenvalue weighted by Crippen LogP contribution is -1.93. The highest BCUT2D eigenvalue weighted by molar-refractivity contribution is 5.73. The lowest BCUT2D eigenvalue weighted by Gasteiger charge is -1.98. The minimum Gasteiger partial charge on any atom is -0.345 e. The van der Waals surface area contributed by atoms with Gasteiger partial charge < -0.3 is 4.98 Å². The molecule has 1 heterocycles. The van der Waals surface area contributed by atoms with Crippen LogP contribution in [0.5, 0.6) is 0 Å². The Morgan fingerprint density at radius 3 is 2.73 bits per heavy atom. The molecule has 0 fully saturated rings. The van der Waals surface area contributed by atoms with Gasteiger partial charge in [0.25, 0.3) is 0 Å². The van der Waals surface area contributed by atoms with E-state index in [1.54, 1.807) is 0 Å². The van der Waals surface area contributed by atoms with E-state index in [2.05, 4.69) is 9.97 Å². The number of nitrogens with zero attached hydrogens (tertiary/aromatic N) is 1. The van der Waals surface area contributed by atoms with Crippen molar-refractivity contribution >= 4 is 6.29 Å². The van der Waals surface area contributed by atoms with Crippen LogP contribution in [0, 0.1) is 6.92 Å². The van der Waals surface area contributed by atoms with Crippen LogP contribution in [-0.2, 0) is 6.42 Å². The molecule has 0 atom stereocenters. The number of H-pyrrole nitrogens is 1. The Labute approximate surface area is 88.2 Å². The zero-order chi connectivity index (χ0) is 10.7. The molecule has 0 amide bonds. The van der Waals surface area contributed by atoms with E-state index in [1.165, 1.54) is 5.56 Å². The summed E-state index contributed by atoms with van der Waals surface area (Å²) in [6.45, 7) is 1.85. The van der Waals surface area contributed by atoms with E-state index in [4.69, 9.17) is 0 Å². The molecule has 2 rings (SSSR count). The average molecular weight is 200 g/mol. The molecule has 2 aromatic rings. The molecule has 0 spiro atoms. The van der Waals surface area contributed by atoms with Gasteiger partial charge in [-0.15, -0.1) is 0 Å². The van der Waals surface area contributed by atoms with Crippen molar-refractivity contribution in [2.45, 2.75) is 13.3 Å². The second kappa shape index (κ2) is 4.09. The molecule has 0 radical (unpaired) electrons. The second-order valence-electron chi connectivity index (χ2n) is 3.47. The Morgan fingerprint density at radius 2 is 2.07 bits per heavy atom. The van der Waals surface area contributed by atoms with Gasteiger partial charge in [0.2, 0.25) is 0 Å². The van der Waals surface area contributed by atoms with Crippen LogP contribution in [0.15, 0.2) is 30.3 Å².